The molecule has 1 N–H and O–H groups in total. The van der Waals surface area contributed by atoms with Gasteiger partial charge in [0.25, 0.3) is 0 Å². The first-order valence-electron chi connectivity index (χ1n) is 13.7. The highest BCUT2D eigenvalue weighted by molar-refractivity contribution is 7.92. The summed E-state index contributed by atoms with van der Waals surface area (Å²) in [7, 11) is -2.42. The number of amides is 2. The van der Waals surface area contributed by atoms with E-state index in [1.54, 1.807) is 25.3 Å². The maximum atomic E-state index is 14.2. The molecule has 0 spiro atoms. The number of hydrogen-bond acceptors (Lipinski definition) is 5. The molecule has 0 heterocycles. The Morgan fingerprint density at radius 3 is 2.33 bits per heavy atom. The number of hydrogen-bond donors (Lipinski definition) is 1. The molecular weight excluding hydrogens is 597 g/mol. The van der Waals surface area contributed by atoms with Crippen LogP contribution >= 0.6 is 23.2 Å². The first-order chi connectivity index (χ1) is 20.0. The predicted molar refractivity (Wildman–Crippen MR) is 167 cm³/mol. The molecule has 3 aromatic rings. The molecule has 1 fully saturated rings. The minimum Gasteiger partial charge on any atom is -0.497 e. The number of carbonyl (C=O) groups is 2. The maximum absolute atomic E-state index is 14.2. The largest absolute Gasteiger partial charge is 0.497 e. The average molecular weight is 633 g/mol. The van der Waals surface area contributed by atoms with Gasteiger partial charge in [-0.3, -0.25) is 13.9 Å². The summed E-state index contributed by atoms with van der Waals surface area (Å²) in [5, 5.41) is 3.53. The molecule has 0 aliphatic heterocycles. The first kappa shape index (κ1) is 31.7. The minimum atomic E-state index is -3.97. The van der Waals surface area contributed by atoms with E-state index >= 15 is 0 Å². The van der Waals surface area contributed by atoms with Crippen LogP contribution < -0.4 is 14.4 Å². The van der Waals surface area contributed by atoms with Crippen molar-refractivity contribution < 1.29 is 22.7 Å². The highest BCUT2D eigenvalue weighted by atomic mass is 35.5. The fraction of sp³-hybridized carbons (Fsp3) is 0.355. The molecule has 0 saturated heterocycles. The van der Waals surface area contributed by atoms with Crippen LogP contribution in [0.1, 0.15) is 36.8 Å². The van der Waals surface area contributed by atoms with Crippen molar-refractivity contribution in [3.8, 4) is 5.75 Å². The van der Waals surface area contributed by atoms with Gasteiger partial charge >= 0.3 is 0 Å². The molecule has 1 saturated carbocycles. The monoisotopic (exact) mass is 631 g/mol. The van der Waals surface area contributed by atoms with Crippen molar-refractivity contribution in [2.24, 2.45) is 0 Å². The van der Waals surface area contributed by atoms with Gasteiger partial charge in [0.1, 0.15) is 18.3 Å². The van der Waals surface area contributed by atoms with E-state index in [1.165, 1.54) is 23.1 Å². The lowest BCUT2D eigenvalue weighted by Gasteiger charge is -2.34. The Hall–Kier alpha value is -3.27. The van der Waals surface area contributed by atoms with Gasteiger partial charge in [0.05, 0.1) is 24.1 Å². The Labute approximate surface area is 257 Å². The molecule has 11 heteroatoms. The highest BCUT2D eigenvalue weighted by Crippen LogP contribution is 2.31. The third-order valence-electron chi connectivity index (χ3n) is 7.32. The lowest BCUT2D eigenvalue weighted by Crippen LogP contribution is -2.54. The zero-order valence-electron chi connectivity index (χ0n) is 23.6. The molecule has 224 valence electrons. The van der Waals surface area contributed by atoms with Crippen molar-refractivity contribution >= 4 is 50.7 Å². The van der Waals surface area contributed by atoms with E-state index in [9.17, 15) is 18.0 Å². The van der Waals surface area contributed by atoms with Gasteiger partial charge in [0.2, 0.25) is 21.8 Å². The van der Waals surface area contributed by atoms with E-state index in [4.69, 9.17) is 27.9 Å². The summed E-state index contributed by atoms with van der Waals surface area (Å²) in [6.07, 6.45) is 5.06. The van der Waals surface area contributed by atoms with Crippen LogP contribution in [0.25, 0.3) is 0 Å². The van der Waals surface area contributed by atoms with Gasteiger partial charge in [-0.25, -0.2) is 8.42 Å². The number of ether oxygens (including phenoxy) is 1. The first-order valence-corrected chi connectivity index (χ1v) is 16.3. The van der Waals surface area contributed by atoms with Gasteiger partial charge in [-0.2, -0.15) is 0 Å². The molecule has 0 aromatic heterocycles. The maximum Gasteiger partial charge on any atom is 0.244 e. The van der Waals surface area contributed by atoms with Crippen molar-refractivity contribution in [2.75, 3.05) is 24.2 Å². The number of rotatable bonds is 12. The number of methoxy groups -OCH3 is 1. The van der Waals surface area contributed by atoms with E-state index in [1.807, 2.05) is 36.4 Å². The fourth-order valence-electron chi connectivity index (χ4n) is 5.16. The van der Waals surface area contributed by atoms with Crippen LogP contribution in [0, 0.1) is 0 Å². The summed E-state index contributed by atoms with van der Waals surface area (Å²) < 4.78 is 32.3. The van der Waals surface area contributed by atoms with Gasteiger partial charge in [0.15, 0.2) is 0 Å². The number of halogens is 2. The van der Waals surface area contributed by atoms with Crippen LogP contribution in [-0.2, 0) is 32.6 Å². The third-order valence-corrected chi connectivity index (χ3v) is 9.00. The topological polar surface area (TPSA) is 96.0 Å². The SMILES string of the molecule is COc1cccc(CN(C(=O)CN(c2cc(Cl)ccc2Cl)S(C)(=O)=O)[C@H](Cc2ccccc2)C(=O)NC2CCCC2)c1. The van der Waals surface area contributed by atoms with E-state index < -0.39 is 28.5 Å². The summed E-state index contributed by atoms with van der Waals surface area (Å²) in [5.74, 6) is -0.256. The summed E-state index contributed by atoms with van der Waals surface area (Å²) in [6, 6.07) is 20.2. The Bertz CT molecular complexity index is 1500. The van der Waals surface area contributed by atoms with Crippen molar-refractivity contribution in [3.05, 3.63) is 94.0 Å². The molecule has 3 aromatic carbocycles. The molecule has 0 bridgehead atoms. The van der Waals surface area contributed by atoms with Crippen molar-refractivity contribution in [1.82, 2.24) is 10.2 Å². The van der Waals surface area contributed by atoms with Crippen molar-refractivity contribution in [2.45, 2.75) is 50.7 Å². The van der Waals surface area contributed by atoms with E-state index in [2.05, 4.69) is 5.32 Å². The quantitative estimate of drug-likeness (QED) is 0.286. The molecule has 1 atom stereocenters. The minimum absolute atomic E-state index is 0.0299. The fourth-order valence-corrected chi connectivity index (χ4v) is 6.45. The van der Waals surface area contributed by atoms with Crippen LogP contribution in [0.15, 0.2) is 72.8 Å². The van der Waals surface area contributed by atoms with Crippen LogP contribution in [0.5, 0.6) is 5.75 Å². The molecule has 1 aliphatic carbocycles. The van der Waals surface area contributed by atoms with Gasteiger partial charge < -0.3 is 15.0 Å². The Kier molecular flexibility index (Phi) is 10.8. The second kappa shape index (κ2) is 14.3. The second-order valence-corrected chi connectivity index (χ2v) is 13.2. The van der Waals surface area contributed by atoms with E-state index in [-0.39, 0.29) is 40.6 Å². The Balaban J connectivity index is 1.75. The molecule has 0 unspecified atom stereocenters. The molecule has 8 nitrogen and oxygen atoms in total. The predicted octanol–water partition coefficient (Wildman–Crippen LogP) is 5.47. The molecule has 4 rings (SSSR count). The van der Waals surface area contributed by atoms with Crippen molar-refractivity contribution in [3.63, 3.8) is 0 Å². The number of anilines is 1. The van der Waals surface area contributed by atoms with Gasteiger partial charge in [-0.15, -0.1) is 0 Å². The van der Waals surface area contributed by atoms with Gasteiger partial charge in [-0.05, 0) is 54.3 Å². The third kappa shape index (κ3) is 8.40. The normalized spacial score (nSPS) is 14.3. The number of nitrogens with one attached hydrogen (secondary N) is 1. The Morgan fingerprint density at radius 2 is 1.67 bits per heavy atom. The molecule has 0 radical (unpaired) electrons. The summed E-state index contributed by atoms with van der Waals surface area (Å²) in [4.78, 5) is 29.6. The van der Waals surface area contributed by atoms with Gasteiger partial charge in [0, 0.05) is 24.0 Å². The number of nitrogens with zero attached hydrogens (tertiary/aromatic N) is 2. The Morgan fingerprint density at radius 1 is 0.976 bits per heavy atom. The number of sulfonamides is 1. The summed E-state index contributed by atoms with van der Waals surface area (Å²) in [5.41, 5.74) is 1.67. The zero-order chi connectivity index (χ0) is 30.3. The van der Waals surface area contributed by atoms with Gasteiger partial charge in [-0.1, -0.05) is 78.5 Å². The van der Waals surface area contributed by atoms with Crippen LogP contribution in [0.3, 0.4) is 0 Å². The lowest BCUT2D eigenvalue weighted by molar-refractivity contribution is -0.140. The standard InChI is InChI=1S/C31H35Cl2N3O5S/c1-41-26-14-8-11-23(17-26)20-35(30(37)21-36(42(2,39)40)28-19-24(32)15-16-27(28)33)29(18-22-9-4-3-5-10-22)31(38)34-25-12-6-7-13-25/h3-5,8-11,14-17,19,25,29H,6-7,12-13,18,20-21H2,1-2H3,(H,34,38)/t29-/m1/s1. The van der Waals surface area contributed by atoms with Crippen LogP contribution in [0.2, 0.25) is 10.0 Å². The second-order valence-electron chi connectivity index (χ2n) is 10.4. The molecular formula is C31H35Cl2N3O5S. The molecule has 1 aliphatic rings. The smallest absolute Gasteiger partial charge is 0.244 e. The average Bonchev–Trinajstić information content (AvgIpc) is 3.48. The van der Waals surface area contributed by atoms with Crippen LogP contribution in [-0.4, -0.2) is 57.1 Å². The van der Waals surface area contributed by atoms with E-state index in [0.29, 0.717) is 5.75 Å². The summed E-state index contributed by atoms with van der Waals surface area (Å²) in [6.45, 7) is -0.530. The molecule has 2 amide bonds. The number of benzene rings is 3. The van der Waals surface area contributed by atoms with Crippen molar-refractivity contribution in [1.29, 1.82) is 0 Å². The van der Waals surface area contributed by atoms with E-state index in [0.717, 1.165) is 47.4 Å². The summed E-state index contributed by atoms with van der Waals surface area (Å²) >= 11 is 12.5. The zero-order valence-corrected chi connectivity index (χ0v) is 26.0. The lowest BCUT2D eigenvalue weighted by atomic mass is 10.0. The highest BCUT2D eigenvalue weighted by Gasteiger charge is 2.34. The molecule has 42 heavy (non-hydrogen) atoms. The number of carbonyl (C=O) groups excluding carboxylic acids is 2. The van der Waals surface area contributed by atoms with Crippen LogP contribution in [0.4, 0.5) is 5.69 Å².